The standard InChI is InChI=1S/C29H38O4/c1-18(30)32-23-10-12-24-21(16-23)9-11-26-25(24)13-14-29(3)27(26)17-22(28(29)33-19(2)31)15-20-7-5-4-6-8-20/h4-8,15,21,23-28H,9-14,16-17H2,1-3H3/b22-15+/t21-,23-,24+,25-,26-,27+,28+,29+/m0/s1. The number of rotatable bonds is 3. The maximum Gasteiger partial charge on any atom is 0.303 e. The lowest BCUT2D eigenvalue weighted by Gasteiger charge is -2.55. The summed E-state index contributed by atoms with van der Waals surface area (Å²) in [7, 11) is 0. The number of carbonyl (C=O) groups excluding carboxylic acids is 2. The molecular weight excluding hydrogens is 412 g/mol. The highest BCUT2D eigenvalue weighted by atomic mass is 16.5. The fourth-order valence-corrected chi connectivity index (χ4v) is 8.27. The smallest absolute Gasteiger partial charge is 0.303 e. The quantitative estimate of drug-likeness (QED) is 0.515. The molecular formula is C29H38O4. The van der Waals surface area contributed by atoms with E-state index in [0.717, 1.165) is 37.5 Å². The Morgan fingerprint density at radius 3 is 2.36 bits per heavy atom. The molecule has 4 heteroatoms. The van der Waals surface area contributed by atoms with Crippen LogP contribution in [-0.2, 0) is 19.1 Å². The second kappa shape index (κ2) is 8.92. The van der Waals surface area contributed by atoms with E-state index in [9.17, 15) is 9.59 Å². The Kier molecular flexibility index (Phi) is 6.13. The molecule has 0 heterocycles. The van der Waals surface area contributed by atoms with Gasteiger partial charge in [0.2, 0.25) is 0 Å². The molecule has 4 nitrogen and oxygen atoms in total. The minimum atomic E-state index is -0.171. The molecule has 0 aliphatic heterocycles. The highest BCUT2D eigenvalue weighted by Crippen LogP contribution is 2.64. The normalized spacial score (nSPS) is 40.9. The van der Waals surface area contributed by atoms with Crippen LogP contribution in [0.15, 0.2) is 35.9 Å². The highest BCUT2D eigenvalue weighted by Gasteiger charge is 2.59. The Hall–Kier alpha value is -2.10. The van der Waals surface area contributed by atoms with Crippen LogP contribution < -0.4 is 0 Å². The molecule has 0 spiro atoms. The first-order valence-electron chi connectivity index (χ1n) is 12.9. The first kappa shape index (κ1) is 22.7. The van der Waals surface area contributed by atoms with Crippen molar-refractivity contribution in [1.29, 1.82) is 0 Å². The van der Waals surface area contributed by atoms with Crippen LogP contribution in [0.4, 0.5) is 0 Å². The Labute approximate surface area is 198 Å². The summed E-state index contributed by atoms with van der Waals surface area (Å²) in [4.78, 5) is 23.6. The van der Waals surface area contributed by atoms with Gasteiger partial charge in [0.1, 0.15) is 12.2 Å². The van der Waals surface area contributed by atoms with Gasteiger partial charge in [-0.2, -0.15) is 0 Å². The zero-order valence-electron chi connectivity index (χ0n) is 20.3. The fourth-order valence-electron chi connectivity index (χ4n) is 8.27. The lowest BCUT2D eigenvalue weighted by molar-refractivity contribution is -0.157. The van der Waals surface area contributed by atoms with Gasteiger partial charge in [-0.1, -0.05) is 43.3 Å². The predicted molar refractivity (Wildman–Crippen MR) is 128 cm³/mol. The van der Waals surface area contributed by atoms with Crippen LogP contribution in [0.1, 0.15) is 77.7 Å². The van der Waals surface area contributed by atoms with Gasteiger partial charge < -0.3 is 9.47 Å². The van der Waals surface area contributed by atoms with Gasteiger partial charge in [0.25, 0.3) is 0 Å². The highest BCUT2D eigenvalue weighted by molar-refractivity contribution is 5.67. The van der Waals surface area contributed by atoms with Gasteiger partial charge in [0, 0.05) is 19.3 Å². The predicted octanol–water partition coefficient (Wildman–Crippen LogP) is 6.20. The number of benzene rings is 1. The third-order valence-corrected chi connectivity index (χ3v) is 9.50. The average Bonchev–Trinajstić information content (AvgIpc) is 3.05. The maximum atomic E-state index is 12.1. The van der Waals surface area contributed by atoms with E-state index in [1.54, 1.807) is 6.92 Å². The van der Waals surface area contributed by atoms with Crippen molar-refractivity contribution in [3.05, 3.63) is 41.5 Å². The van der Waals surface area contributed by atoms with Gasteiger partial charge >= 0.3 is 11.9 Å². The first-order valence-corrected chi connectivity index (χ1v) is 12.9. The Balaban J connectivity index is 1.39. The lowest BCUT2D eigenvalue weighted by atomic mass is 9.50. The van der Waals surface area contributed by atoms with E-state index in [2.05, 4.69) is 37.3 Å². The number of hydrogen-bond donors (Lipinski definition) is 0. The molecule has 0 bridgehead atoms. The Morgan fingerprint density at radius 2 is 1.64 bits per heavy atom. The van der Waals surface area contributed by atoms with Gasteiger partial charge in [-0.3, -0.25) is 9.59 Å². The maximum absolute atomic E-state index is 12.1. The third-order valence-electron chi connectivity index (χ3n) is 9.50. The van der Waals surface area contributed by atoms with E-state index in [1.807, 2.05) is 6.07 Å². The number of fused-ring (bicyclic) bond motifs is 5. The van der Waals surface area contributed by atoms with E-state index >= 15 is 0 Å². The summed E-state index contributed by atoms with van der Waals surface area (Å²) >= 11 is 0. The van der Waals surface area contributed by atoms with Crippen LogP contribution in [-0.4, -0.2) is 24.1 Å². The van der Waals surface area contributed by atoms with Crippen LogP contribution >= 0.6 is 0 Å². The molecule has 0 N–H and O–H groups in total. The molecule has 8 atom stereocenters. The van der Waals surface area contributed by atoms with Crippen molar-refractivity contribution in [2.24, 2.45) is 35.0 Å². The third kappa shape index (κ3) is 4.26. The zero-order valence-corrected chi connectivity index (χ0v) is 20.3. The summed E-state index contributed by atoms with van der Waals surface area (Å²) in [5.41, 5.74) is 2.51. The van der Waals surface area contributed by atoms with Crippen molar-refractivity contribution in [3.8, 4) is 0 Å². The van der Waals surface area contributed by atoms with Gasteiger partial charge in [0.15, 0.2) is 0 Å². The monoisotopic (exact) mass is 450 g/mol. The van der Waals surface area contributed by atoms with Crippen LogP contribution in [0.3, 0.4) is 0 Å². The second-order valence-electron chi connectivity index (χ2n) is 11.3. The molecule has 4 saturated carbocycles. The molecule has 4 fully saturated rings. The number of carbonyl (C=O) groups is 2. The fraction of sp³-hybridized carbons (Fsp3) is 0.655. The Morgan fingerprint density at radius 1 is 0.909 bits per heavy atom. The van der Waals surface area contributed by atoms with Gasteiger partial charge in [-0.05, 0) is 92.1 Å². The van der Waals surface area contributed by atoms with Crippen LogP contribution in [0.2, 0.25) is 0 Å². The van der Waals surface area contributed by atoms with Crippen molar-refractivity contribution < 1.29 is 19.1 Å². The van der Waals surface area contributed by atoms with Crippen LogP contribution in [0, 0.1) is 35.0 Å². The topological polar surface area (TPSA) is 52.6 Å². The lowest BCUT2D eigenvalue weighted by Crippen LogP contribution is -2.50. The first-order chi connectivity index (χ1) is 15.8. The molecule has 0 aromatic heterocycles. The molecule has 5 rings (SSSR count). The van der Waals surface area contributed by atoms with Crippen molar-refractivity contribution in [1.82, 2.24) is 0 Å². The van der Waals surface area contributed by atoms with Gasteiger partial charge in [-0.15, -0.1) is 0 Å². The summed E-state index contributed by atoms with van der Waals surface area (Å²) in [6.07, 6.45) is 11.4. The molecule has 178 valence electrons. The number of hydrogen-bond acceptors (Lipinski definition) is 4. The summed E-state index contributed by atoms with van der Waals surface area (Å²) in [5, 5.41) is 0. The summed E-state index contributed by atoms with van der Waals surface area (Å²) in [6.45, 7) is 5.47. The molecule has 0 saturated heterocycles. The number of esters is 2. The Bertz CT molecular complexity index is 921. The van der Waals surface area contributed by atoms with Crippen LogP contribution in [0.5, 0.6) is 0 Å². The summed E-state index contributed by atoms with van der Waals surface area (Å²) in [6, 6.07) is 10.5. The molecule has 0 unspecified atom stereocenters. The molecule has 1 aromatic rings. The average molecular weight is 451 g/mol. The van der Waals surface area contributed by atoms with Crippen molar-refractivity contribution in [2.75, 3.05) is 0 Å². The SMILES string of the molecule is CC(=O)O[C@H]1CC[C@@H]2[C@@H](CC[C@H]3[C@H]2CC[C@@]2(C)[C@H](OC(C)=O)/C(=C/c4ccccc4)C[C@H]32)C1. The van der Waals surface area contributed by atoms with Crippen molar-refractivity contribution in [3.63, 3.8) is 0 Å². The molecule has 0 amide bonds. The minimum Gasteiger partial charge on any atom is -0.463 e. The van der Waals surface area contributed by atoms with Crippen molar-refractivity contribution >= 4 is 18.0 Å². The van der Waals surface area contributed by atoms with E-state index in [1.165, 1.54) is 43.7 Å². The molecule has 4 aliphatic carbocycles. The zero-order chi connectivity index (χ0) is 23.2. The van der Waals surface area contributed by atoms with E-state index in [4.69, 9.17) is 9.47 Å². The van der Waals surface area contributed by atoms with Crippen LogP contribution in [0.25, 0.3) is 6.08 Å². The molecule has 4 aliphatic rings. The van der Waals surface area contributed by atoms with Gasteiger partial charge in [-0.25, -0.2) is 0 Å². The number of ether oxygens (including phenoxy) is 2. The molecule has 1 aromatic carbocycles. The van der Waals surface area contributed by atoms with E-state index < -0.39 is 0 Å². The van der Waals surface area contributed by atoms with Crippen molar-refractivity contribution in [2.45, 2.75) is 84.3 Å². The summed E-state index contributed by atoms with van der Waals surface area (Å²) in [5.74, 6) is 3.18. The molecule has 33 heavy (non-hydrogen) atoms. The van der Waals surface area contributed by atoms with E-state index in [-0.39, 0.29) is 29.6 Å². The van der Waals surface area contributed by atoms with E-state index in [0.29, 0.717) is 17.8 Å². The second-order valence-corrected chi connectivity index (χ2v) is 11.3. The largest absolute Gasteiger partial charge is 0.463 e. The molecule has 0 radical (unpaired) electrons. The van der Waals surface area contributed by atoms with Gasteiger partial charge in [0.05, 0.1) is 0 Å². The summed E-state index contributed by atoms with van der Waals surface area (Å²) < 4.78 is 11.6. The minimum absolute atomic E-state index is 0.0230.